The average molecular weight is 252 g/mol. The van der Waals surface area contributed by atoms with Crippen molar-refractivity contribution in [2.45, 2.75) is 37.6 Å². The van der Waals surface area contributed by atoms with Crippen molar-refractivity contribution in [3.05, 3.63) is 10.4 Å². The molecule has 0 aliphatic heterocycles. The third kappa shape index (κ3) is 1.99. The minimum absolute atomic E-state index is 0.321. The molecule has 2 fully saturated rings. The van der Waals surface area contributed by atoms with Crippen molar-refractivity contribution in [3.8, 4) is 0 Å². The summed E-state index contributed by atoms with van der Waals surface area (Å²) in [7, 11) is 1.40. The molecule has 0 amide bonds. The summed E-state index contributed by atoms with van der Waals surface area (Å²) in [6, 6.07) is 0.580. The Morgan fingerprint density at radius 1 is 1.41 bits per heavy atom. The smallest absolute Gasteiger partial charge is 0.350 e. The van der Waals surface area contributed by atoms with Crippen molar-refractivity contribution in [3.63, 3.8) is 0 Å². The fourth-order valence-electron chi connectivity index (χ4n) is 2.00. The second-order valence-corrected chi connectivity index (χ2v) is 5.79. The van der Waals surface area contributed by atoms with Crippen LogP contribution >= 0.6 is 11.3 Å². The van der Waals surface area contributed by atoms with Crippen LogP contribution in [0.1, 0.15) is 46.8 Å². The number of nitrogen functional groups attached to an aromatic ring is 1. The fourth-order valence-corrected chi connectivity index (χ4v) is 3.20. The maximum absolute atomic E-state index is 11.6. The van der Waals surface area contributed by atoms with Crippen molar-refractivity contribution >= 4 is 28.0 Å². The van der Waals surface area contributed by atoms with E-state index in [9.17, 15) is 4.79 Å². The van der Waals surface area contributed by atoms with Crippen molar-refractivity contribution < 1.29 is 9.53 Å². The first-order chi connectivity index (χ1) is 8.20. The molecular weight excluding hydrogens is 236 g/mol. The largest absolute Gasteiger partial charge is 0.465 e. The number of thiophene rings is 1. The number of rotatable bonds is 4. The number of anilines is 2. The first kappa shape index (κ1) is 10.9. The zero-order valence-corrected chi connectivity index (χ0v) is 10.6. The van der Waals surface area contributed by atoms with Gasteiger partial charge in [0.15, 0.2) is 0 Å². The molecule has 1 aromatic heterocycles. The van der Waals surface area contributed by atoms with Crippen LogP contribution in [0.3, 0.4) is 0 Å². The lowest BCUT2D eigenvalue weighted by Gasteiger charge is -2.05. The Morgan fingerprint density at radius 2 is 2.12 bits per heavy atom. The lowest BCUT2D eigenvalue weighted by molar-refractivity contribution is 0.0607. The van der Waals surface area contributed by atoms with E-state index < -0.39 is 0 Å². The number of esters is 1. The van der Waals surface area contributed by atoms with Crippen LogP contribution in [-0.2, 0) is 4.74 Å². The number of methoxy groups -OCH3 is 1. The van der Waals surface area contributed by atoms with E-state index in [1.54, 1.807) is 0 Å². The molecule has 2 saturated carbocycles. The van der Waals surface area contributed by atoms with Gasteiger partial charge in [0.05, 0.1) is 17.8 Å². The van der Waals surface area contributed by atoms with E-state index in [4.69, 9.17) is 10.5 Å². The highest BCUT2D eigenvalue weighted by atomic mass is 32.1. The third-order valence-corrected chi connectivity index (χ3v) is 4.39. The molecule has 3 rings (SSSR count). The van der Waals surface area contributed by atoms with E-state index >= 15 is 0 Å². The van der Waals surface area contributed by atoms with E-state index in [2.05, 4.69) is 5.32 Å². The second kappa shape index (κ2) is 3.91. The number of carbonyl (C=O) groups is 1. The van der Waals surface area contributed by atoms with Gasteiger partial charge in [-0.15, -0.1) is 11.3 Å². The highest BCUT2D eigenvalue weighted by molar-refractivity contribution is 7.18. The summed E-state index contributed by atoms with van der Waals surface area (Å²) in [5, 5.41) is 4.57. The Morgan fingerprint density at radius 3 is 2.65 bits per heavy atom. The quantitative estimate of drug-likeness (QED) is 0.808. The van der Waals surface area contributed by atoms with Crippen LogP contribution in [0, 0.1) is 0 Å². The standard InChI is InChI=1S/C12H16N2O2S/c1-16-12(15)10-9(13)8(6-2-3-6)11(17-10)14-7-4-5-7/h6-7,14H,2-5,13H2,1H3. The summed E-state index contributed by atoms with van der Waals surface area (Å²) >= 11 is 1.44. The van der Waals surface area contributed by atoms with Gasteiger partial charge in [-0.3, -0.25) is 0 Å². The molecule has 0 aromatic carbocycles. The van der Waals surface area contributed by atoms with Crippen LogP contribution in [0.25, 0.3) is 0 Å². The molecule has 4 nitrogen and oxygen atoms in total. The van der Waals surface area contributed by atoms with E-state index in [0.29, 0.717) is 22.5 Å². The van der Waals surface area contributed by atoms with Crippen LogP contribution in [0.2, 0.25) is 0 Å². The number of hydrogen-bond donors (Lipinski definition) is 2. The third-order valence-electron chi connectivity index (χ3n) is 3.25. The van der Waals surface area contributed by atoms with Crippen molar-refractivity contribution in [1.29, 1.82) is 0 Å². The molecule has 2 aliphatic carbocycles. The number of nitrogens with two attached hydrogens (primary N) is 1. The zero-order valence-electron chi connectivity index (χ0n) is 9.79. The van der Waals surface area contributed by atoms with Crippen LogP contribution in [0.5, 0.6) is 0 Å². The highest BCUT2D eigenvalue weighted by Gasteiger charge is 2.34. The second-order valence-electron chi connectivity index (χ2n) is 4.77. The Hall–Kier alpha value is -1.23. The Kier molecular flexibility index (Phi) is 2.50. The SMILES string of the molecule is COC(=O)c1sc(NC2CC2)c(C2CC2)c1N. The molecule has 0 saturated heterocycles. The monoisotopic (exact) mass is 252 g/mol. The molecule has 0 spiro atoms. The van der Waals surface area contributed by atoms with Gasteiger partial charge in [0.2, 0.25) is 0 Å². The summed E-state index contributed by atoms with van der Waals surface area (Å²) in [4.78, 5) is 12.2. The van der Waals surface area contributed by atoms with Crippen LogP contribution in [0.15, 0.2) is 0 Å². The maximum atomic E-state index is 11.6. The molecule has 2 aliphatic rings. The predicted molar refractivity (Wildman–Crippen MR) is 68.7 cm³/mol. The van der Waals surface area contributed by atoms with Gasteiger partial charge < -0.3 is 15.8 Å². The molecule has 3 N–H and O–H groups in total. The Bertz CT molecular complexity index is 461. The van der Waals surface area contributed by atoms with Gasteiger partial charge in [-0.25, -0.2) is 4.79 Å². The van der Waals surface area contributed by atoms with Gasteiger partial charge in [0, 0.05) is 11.6 Å². The van der Waals surface area contributed by atoms with Gasteiger partial charge in [-0.05, 0) is 31.6 Å². The van der Waals surface area contributed by atoms with E-state index in [1.807, 2.05) is 0 Å². The molecule has 17 heavy (non-hydrogen) atoms. The number of nitrogens with one attached hydrogen (secondary N) is 1. The summed E-state index contributed by atoms with van der Waals surface area (Å²) in [5.41, 5.74) is 7.87. The average Bonchev–Trinajstić information content (AvgIpc) is 3.19. The number of hydrogen-bond acceptors (Lipinski definition) is 5. The minimum atomic E-state index is -0.321. The zero-order chi connectivity index (χ0) is 12.0. The molecule has 0 bridgehead atoms. The van der Waals surface area contributed by atoms with E-state index in [0.717, 1.165) is 10.6 Å². The molecule has 0 unspecified atom stereocenters. The van der Waals surface area contributed by atoms with Crippen LogP contribution < -0.4 is 11.1 Å². The summed E-state index contributed by atoms with van der Waals surface area (Å²) < 4.78 is 4.77. The highest BCUT2D eigenvalue weighted by Crippen LogP contribution is 2.51. The predicted octanol–water partition coefficient (Wildman–Crippen LogP) is 2.57. The lowest BCUT2D eigenvalue weighted by Crippen LogP contribution is -2.03. The van der Waals surface area contributed by atoms with Gasteiger partial charge in [0.25, 0.3) is 0 Å². The van der Waals surface area contributed by atoms with Gasteiger partial charge in [-0.2, -0.15) is 0 Å². The molecule has 0 radical (unpaired) electrons. The van der Waals surface area contributed by atoms with Gasteiger partial charge in [-0.1, -0.05) is 0 Å². The first-order valence-corrected chi connectivity index (χ1v) is 6.79. The molecule has 5 heteroatoms. The van der Waals surface area contributed by atoms with E-state index in [1.165, 1.54) is 44.1 Å². The summed E-state index contributed by atoms with van der Waals surface area (Å²) in [5.74, 6) is 0.226. The molecule has 92 valence electrons. The molecule has 1 aromatic rings. The van der Waals surface area contributed by atoms with E-state index in [-0.39, 0.29) is 5.97 Å². The van der Waals surface area contributed by atoms with Crippen molar-refractivity contribution in [1.82, 2.24) is 0 Å². The summed E-state index contributed by atoms with van der Waals surface area (Å²) in [6.07, 6.45) is 4.80. The number of carbonyl (C=O) groups excluding carboxylic acids is 1. The molecule has 0 atom stereocenters. The van der Waals surface area contributed by atoms with Crippen molar-refractivity contribution in [2.75, 3.05) is 18.2 Å². The Labute approximate surface area is 104 Å². The molecule has 1 heterocycles. The van der Waals surface area contributed by atoms with Crippen molar-refractivity contribution in [2.24, 2.45) is 0 Å². The minimum Gasteiger partial charge on any atom is -0.465 e. The summed E-state index contributed by atoms with van der Waals surface area (Å²) in [6.45, 7) is 0. The van der Waals surface area contributed by atoms with Crippen LogP contribution in [-0.4, -0.2) is 19.1 Å². The molecular formula is C12H16N2O2S. The lowest BCUT2D eigenvalue weighted by atomic mass is 10.1. The topological polar surface area (TPSA) is 64.3 Å². The normalized spacial score (nSPS) is 19.1. The number of ether oxygens (including phenoxy) is 1. The maximum Gasteiger partial charge on any atom is 0.350 e. The fraction of sp³-hybridized carbons (Fsp3) is 0.583. The van der Waals surface area contributed by atoms with Gasteiger partial charge >= 0.3 is 5.97 Å². The van der Waals surface area contributed by atoms with Crippen LogP contribution in [0.4, 0.5) is 10.7 Å². The van der Waals surface area contributed by atoms with Gasteiger partial charge in [0.1, 0.15) is 4.88 Å². The first-order valence-electron chi connectivity index (χ1n) is 5.97. The Balaban J connectivity index is 1.96.